The SMILES string of the molecule is O=S(=O)(/N=C/[C@@H]1C=C(O)C(O)=CC1)c1ccccc1. The standard InChI is InChI=1S/C13H13NO4S/c15-12-7-6-10(8-13(12)16)9-14-19(17,18)11-4-2-1-3-5-11/h1-5,7-10,15-16H,6H2/b14-9+/t10-/m0/s1. The number of aliphatic hydroxyl groups is 2. The molecule has 0 aliphatic heterocycles. The van der Waals surface area contributed by atoms with Gasteiger partial charge in [-0.2, -0.15) is 12.8 Å². The number of sulfonamides is 1. The highest BCUT2D eigenvalue weighted by Crippen LogP contribution is 2.19. The Hall–Kier alpha value is -2.08. The Morgan fingerprint density at radius 2 is 1.84 bits per heavy atom. The van der Waals surface area contributed by atoms with Crippen LogP contribution in [0.1, 0.15) is 6.42 Å². The normalized spacial score (nSPS) is 20.1. The second kappa shape index (κ2) is 5.27. The lowest BCUT2D eigenvalue weighted by Crippen LogP contribution is -2.07. The number of rotatable bonds is 3. The average Bonchev–Trinajstić information content (AvgIpc) is 2.41. The van der Waals surface area contributed by atoms with Crippen molar-refractivity contribution in [2.75, 3.05) is 0 Å². The Morgan fingerprint density at radius 3 is 2.47 bits per heavy atom. The first kappa shape index (κ1) is 13.4. The Bertz CT molecular complexity index is 644. The van der Waals surface area contributed by atoms with Crippen LogP contribution < -0.4 is 0 Å². The topological polar surface area (TPSA) is 87.0 Å². The molecule has 6 heteroatoms. The van der Waals surface area contributed by atoms with Crippen LogP contribution in [-0.4, -0.2) is 24.8 Å². The molecule has 0 fully saturated rings. The Balaban J connectivity index is 2.16. The molecule has 1 aliphatic rings. The number of benzene rings is 1. The number of allylic oxidation sites excluding steroid dienone is 2. The summed E-state index contributed by atoms with van der Waals surface area (Å²) in [4.78, 5) is 0.119. The third-order valence-electron chi connectivity index (χ3n) is 2.65. The van der Waals surface area contributed by atoms with Gasteiger partial charge in [0.1, 0.15) is 0 Å². The summed E-state index contributed by atoms with van der Waals surface area (Å²) in [7, 11) is -3.72. The molecule has 0 unspecified atom stereocenters. The number of hydrogen-bond acceptors (Lipinski definition) is 4. The third-order valence-corrected chi connectivity index (χ3v) is 3.92. The van der Waals surface area contributed by atoms with Gasteiger partial charge in [0, 0.05) is 12.1 Å². The van der Waals surface area contributed by atoms with Crippen LogP contribution in [0.15, 0.2) is 63.3 Å². The van der Waals surface area contributed by atoms with Gasteiger partial charge in [0.15, 0.2) is 11.5 Å². The molecular weight excluding hydrogens is 266 g/mol. The van der Waals surface area contributed by atoms with Crippen molar-refractivity contribution in [3.8, 4) is 0 Å². The van der Waals surface area contributed by atoms with Crippen molar-refractivity contribution in [2.24, 2.45) is 10.3 Å². The van der Waals surface area contributed by atoms with E-state index in [4.69, 9.17) is 0 Å². The smallest absolute Gasteiger partial charge is 0.281 e. The van der Waals surface area contributed by atoms with Gasteiger partial charge in [-0.1, -0.05) is 18.2 Å². The summed E-state index contributed by atoms with van der Waals surface area (Å²) >= 11 is 0. The number of hydrogen-bond donors (Lipinski definition) is 2. The number of nitrogens with zero attached hydrogens (tertiary/aromatic N) is 1. The van der Waals surface area contributed by atoms with E-state index in [1.54, 1.807) is 18.2 Å². The highest BCUT2D eigenvalue weighted by atomic mass is 32.2. The zero-order chi connectivity index (χ0) is 13.9. The molecule has 1 atom stereocenters. The fourth-order valence-corrected chi connectivity index (χ4v) is 2.56. The lowest BCUT2D eigenvalue weighted by molar-refractivity contribution is 0.317. The quantitative estimate of drug-likeness (QED) is 0.831. The lowest BCUT2D eigenvalue weighted by atomic mass is 10.0. The number of aliphatic hydroxyl groups excluding tert-OH is 2. The van der Waals surface area contributed by atoms with E-state index in [9.17, 15) is 18.6 Å². The maximum Gasteiger partial charge on any atom is 0.281 e. The van der Waals surface area contributed by atoms with Crippen molar-refractivity contribution >= 4 is 16.2 Å². The summed E-state index contributed by atoms with van der Waals surface area (Å²) in [6.07, 6.45) is 4.42. The molecule has 0 heterocycles. The minimum atomic E-state index is -3.72. The maximum absolute atomic E-state index is 11.9. The predicted molar refractivity (Wildman–Crippen MR) is 71.7 cm³/mol. The zero-order valence-corrected chi connectivity index (χ0v) is 10.8. The Morgan fingerprint density at radius 1 is 1.16 bits per heavy atom. The van der Waals surface area contributed by atoms with Gasteiger partial charge >= 0.3 is 0 Å². The Kier molecular flexibility index (Phi) is 3.71. The van der Waals surface area contributed by atoms with E-state index in [0.717, 1.165) is 0 Å². The van der Waals surface area contributed by atoms with Crippen LogP contribution in [0.4, 0.5) is 0 Å². The van der Waals surface area contributed by atoms with Crippen LogP contribution >= 0.6 is 0 Å². The molecule has 0 saturated heterocycles. The monoisotopic (exact) mass is 279 g/mol. The molecule has 0 radical (unpaired) electrons. The maximum atomic E-state index is 11.9. The van der Waals surface area contributed by atoms with Crippen molar-refractivity contribution in [1.29, 1.82) is 0 Å². The van der Waals surface area contributed by atoms with E-state index in [1.165, 1.54) is 30.5 Å². The first-order valence-electron chi connectivity index (χ1n) is 5.65. The highest BCUT2D eigenvalue weighted by molar-refractivity contribution is 7.90. The van der Waals surface area contributed by atoms with Crippen LogP contribution in [0, 0.1) is 5.92 Å². The van der Waals surface area contributed by atoms with Crippen molar-refractivity contribution in [3.05, 3.63) is 54.0 Å². The first-order chi connectivity index (χ1) is 8.99. The Labute approximate surface area is 111 Å². The molecular formula is C13H13NO4S. The van der Waals surface area contributed by atoms with Gasteiger partial charge in [0.25, 0.3) is 10.0 Å². The summed E-state index contributed by atoms with van der Waals surface area (Å²) in [5.41, 5.74) is 0. The fraction of sp³-hybridized carbons (Fsp3) is 0.154. The molecule has 5 nitrogen and oxygen atoms in total. The van der Waals surface area contributed by atoms with Gasteiger partial charge in [0.2, 0.25) is 0 Å². The van der Waals surface area contributed by atoms with Crippen molar-refractivity contribution < 1.29 is 18.6 Å². The molecule has 100 valence electrons. The second-order valence-electron chi connectivity index (χ2n) is 4.08. The molecule has 0 spiro atoms. The fourth-order valence-electron chi connectivity index (χ4n) is 1.62. The molecule has 1 aromatic carbocycles. The second-order valence-corrected chi connectivity index (χ2v) is 5.72. The van der Waals surface area contributed by atoms with Gasteiger partial charge in [-0.25, -0.2) is 0 Å². The van der Waals surface area contributed by atoms with E-state index in [0.29, 0.717) is 6.42 Å². The molecule has 1 aliphatic carbocycles. The van der Waals surface area contributed by atoms with Crippen molar-refractivity contribution in [3.63, 3.8) is 0 Å². The van der Waals surface area contributed by atoms with Crippen LogP contribution in [0.25, 0.3) is 0 Å². The van der Waals surface area contributed by atoms with E-state index in [1.807, 2.05) is 0 Å². The van der Waals surface area contributed by atoms with Crippen molar-refractivity contribution in [2.45, 2.75) is 11.3 Å². The summed E-state index contributed by atoms with van der Waals surface area (Å²) < 4.78 is 27.3. The average molecular weight is 279 g/mol. The van der Waals surface area contributed by atoms with Crippen LogP contribution in [0.2, 0.25) is 0 Å². The van der Waals surface area contributed by atoms with Gasteiger partial charge in [0.05, 0.1) is 4.90 Å². The highest BCUT2D eigenvalue weighted by Gasteiger charge is 2.15. The molecule has 0 bridgehead atoms. The summed E-state index contributed by atoms with van der Waals surface area (Å²) in [6, 6.07) is 7.89. The van der Waals surface area contributed by atoms with Crippen LogP contribution in [0.3, 0.4) is 0 Å². The zero-order valence-electron chi connectivity index (χ0n) is 9.97. The molecule has 2 rings (SSSR count). The minimum absolute atomic E-state index is 0.119. The minimum Gasteiger partial charge on any atom is -0.504 e. The summed E-state index contributed by atoms with van der Waals surface area (Å²) in [6.45, 7) is 0. The van der Waals surface area contributed by atoms with Gasteiger partial charge in [-0.15, -0.1) is 0 Å². The summed E-state index contributed by atoms with van der Waals surface area (Å²) in [5, 5.41) is 18.5. The van der Waals surface area contributed by atoms with E-state index in [2.05, 4.69) is 4.40 Å². The van der Waals surface area contributed by atoms with E-state index in [-0.39, 0.29) is 22.3 Å². The van der Waals surface area contributed by atoms with Gasteiger partial charge < -0.3 is 10.2 Å². The predicted octanol–water partition coefficient (Wildman–Crippen LogP) is 2.35. The van der Waals surface area contributed by atoms with Crippen molar-refractivity contribution in [1.82, 2.24) is 0 Å². The van der Waals surface area contributed by atoms with Crippen LogP contribution in [0.5, 0.6) is 0 Å². The molecule has 2 N–H and O–H groups in total. The van der Waals surface area contributed by atoms with Crippen LogP contribution in [-0.2, 0) is 10.0 Å². The third kappa shape index (κ3) is 3.23. The molecule has 1 aromatic rings. The lowest BCUT2D eigenvalue weighted by Gasteiger charge is -2.11. The van der Waals surface area contributed by atoms with Gasteiger partial charge in [-0.3, -0.25) is 0 Å². The van der Waals surface area contributed by atoms with E-state index >= 15 is 0 Å². The molecule has 0 amide bonds. The van der Waals surface area contributed by atoms with E-state index < -0.39 is 10.0 Å². The largest absolute Gasteiger partial charge is 0.504 e. The molecule has 0 aromatic heterocycles. The molecule has 0 saturated carbocycles. The first-order valence-corrected chi connectivity index (χ1v) is 7.09. The van der Waals surface area contributed by atoms with Gasteiger partial charge in [-0.05, 0) is 30.7 Å². The summed E-state index contributed by atoms with van der Waals surface area (Å²) in [5.74, 6) is -0.815. The molecule has 19 heavy (non-hydrogen) atoms.